The Morgan fingerprint density at radius 3 is 2.06 bits per heavy atom. The maximum atomic E-state index is 13.1. The van der Waals surface area contributed by atoms with Crippen LogP contribution in [0.25, 0.3) is 0 Å². The Bertz CT molecular complexity index is 1410. The fourth-order valence-electron chi connectivity index (χ4n) is 3.67. The summed E-state index contributed by atoms with van der Waals surface area (Å²) in [5.41, 5.74) is 5.85. The van der Waals surface area contributed by atoms with Gasteiger partial charge in [-0.2, -0.15) is 5.26 Å². The van der Waals surface area contributed by atoms with Crippen molar-refractivity contribution in [3.63, 3.8) is 0 Å². The van der Waals surface area contributed by atoms with Crippen molar-refractivity contribution >= 4 is 50.9 Å². The molecule has 1 aliphatic rings. The van der Waals surface area contributed by atoms with Crippen molar-refractivity contribution in [2.24, 2.45) is 10.9 Å². The molecule has 35 heavy (non-hydrogen) atoms. The second-order valence-corrected chi connectivity index (χ2v) is 9.49. The zero-order valence-corrected chi connectivity index (χ0v) is 20.6. The van der Waals surface area contributed by atoms with Crippen molar-refractivity contribution < 1.29 is 27.5 Å². The lowest BCUT2D eigenvalue weighted by molar-refractivity contribution is -0.139. The number of hydrogen-bond donors (Lipinski definition) is 2. The Labute approximate surface area is 211 Å². The number of halogens is 2. The summed E-state index contributed by atoms with van der Waals surface area (Å²) in [6.07, 6.45) is 0. The summed E-state index contributed by atoms with van der Waals surface area (Å²) in [5, 5.41) is 14.6. The van der Waals surface area contributed by atoms with Crippen LogP contribution in [0.15, 0.2) is 70.0 Å². The summed E-state index contributed by atoms with van der Waals surface area (Å²) < 4.78 is 33.5. The van der Waals surface area contributed by atoms with Gasteiger partial charge in [0.2, 0.25) is 10.0 Å². The maximum absolute atomic E-state index is 13.1. The number of sulfonamides is 1. The third-order valence-electron chi connectivity index (χ3n) is 5.15. The molecule has 10 nitrogen and oxygen atoms in total. The molecule has 0 amide bonds. The normalized spacial score (nSPS) is 16.1. The van der Waals surface area contributed by atoms with Gasteiger partial charge in [0.25, 0.3) is 0 Å². The predicted molar refractivity (Wildman–Crippen MR) is 127 cm³/mol. The summed E-state index contributed by atoms with van der Waals surface area (Å²) >= 11 is 12.7. The van der Waals surface area contributed by atoms with Crippen molar-refractivity contribution in [1.82, 2.24) is 0 Å². The molecular formula is C22H18Cl2N4O6S. The number of nitrogens with two attached hydrogens (primary N) is 2. The van der Waals surface area contributed by atoms with E-state index in [0.29, 0.717) is 5.56 Å². The van der Waals surface area contributed by atoms with Crippen LogP contribution in [-0.2, 0) is 29.1 Å². The number of ether oxygens (including phenoxy) is 2. The second kappa shape index (κ2) is 9.97. The van der Waals surface area contributed by atoms with Gasteiger partial charge in [0.1, 0.15) is 11.5 Å². The van der Waals surface area contributed by atoms with Gasteiger partial charge in [-0.05, 0) is 17.7 Å². The Balaban J connectivity index is 2.48. The number of hydrogen-bond acceptors (Lipinski definition) is 9. The number of methoxy groups -OCH3 is 2. The molecule has 182 valence electrons. The van der Waals surface area contributed by atoms with Gasteiger partial charge in [-0.15, -0.1) is 0 Å². The molecule has 1 heterocycles. The highest BCUT2D eigenvalue weighted by Crippen LogP contribution is 2.47. The molecule has 0 aromatic heterocycles. The fourth-order valence-corrected chi connectivity index (χ4v) is 5.02. The lowest BCUT2D eigenvalue weighted by atomic mass is 9.81. The van der Waals surface area contributed by atoms with E-state index in [1.54, 1.807) is 30.3 Å². The monoisotopic (exact) mass is 536 g/mol. The summed E-state index contributed by atoms with van der Waals surface area (Å²) in [6.45, 7) is 0. The highest BCUT2D eigenvalue weighted by Gasteiger charge is 2.44. The van der Waals surface area contributed by atoms with Crippen LogP contribution in [0.2, 0.25) is 10.0 Å². The zero-order chi connectivity index (χ0) is 26.1. The van der Waals surface area contributed by atoms with E-state index in [1.165, 1.54) is 0 Å². The van der Waals surface area contributed by atoms with Crippen LogP contribution in [0.5, 0.6) is 0 Å². The van der Waals surface area contributed by atoms with Crippen LogP contribution in [-0.4, -0.2) is 34.6 Å². The summed E-state index contributed by atoms with van der Waals surface area (Å²) in [5.74, 6) is -3.35. The molecule has 0 aliphatic carbocycles. The first-order valence-electron chi connectivity index (χ1n) is 9.65. The minimum absolute atomic E-state index is 0.119. The number of nitrogens with zero attached hydrogens (tertiary/aromatic N) is 2. The molecule has 0 fully saturated rings. The molecule has 1 atom stereocenters. The minimum Gasteiger partial charge on any atom is -0.466 e. The average molecular weight is 537 g/mol. The van der Waals surface area contributed by atoms with E-state index < -0.39 is 38.5 Å². The standard InChI is InChI=1S/C22H18Cl2N4O6S/c1-33-21(29)17-16(11-6-4-3-5-7-11)13(10-25)20(26)28(19(17)22(30)34-2)18-14(23)8-12(9-15(18)24)35(27,31)32/h3-9,16H,26H2,1-2H3,(H2,27,31,32). The number of carbonyl (C=O) groups is 2. The van der Waals surface area contributed by atoms with Crippen molar-refractivity contribution in [2.75, 3.05) is 19.1 Å². The minimum atomic E-state index is -4.19. The van der Waals surface area contributed by atoms with Crippen molar-refractivity contribution in [1.29, 1.82) is 5.26 Å². The summed E-state index contributed by atoms with van der Waals surface area (Å²) in [4.78, 5) is 26.6. The van der Waals surface area contributed by atoms with Crippen LogP contribution >= 0.6 is 23.2 Å². The SMILES string of the molecule is COC(=O)C1=C(C(=O)OC)N(c2c(Cl)cc(S(N)(=O)=O)cc2Cl)C(N)=C(C#N)C1c1ccccc1. The first-order chi connectivity index (χ1) is 16.5. The number of benzene rings is 2. The number of primary sulfonamides is 1. The molecule has 2 aromatic carbocycles. The molecule has 13 heteroatoms. The summed E-state index contributed by atoms with van der Waals surface area (Å²) in [6, 6.07) is 12.3. The van der Waals surface area contributed by atoms with Gasteiger partial charge >= 0.3 is 11.9 Å². The van der Waals surface area contributed by atoms with Gasteiger partial charge in [-0.3, -0.25) is 4.90 Å². The fraction of sp³-hybridized carbons (Fsp3) is 0.136. The number of allylic oxidation sites excluding steroid dienone is 1. The van der Waals surface area contributed by atoms with Crippen LogP contribution in [0.3, 0.4) is 0 Å². The van der Waals surface area contributed by atoms with E-state index in [1.807, 2.05) is 6.07 Å². The molecule has 3 rings (SSSR count). The quantitative estimate of drug-likeness (QED) is 0.545. The number of anilines is 1. The van der Waals surface area contributed by atoms with Gasteiger partial charge in [-0.1, -0.05) is 53.5 Å². The zero-order valence-electron chi connectivity index (χ0n) is 18.3. The van der Waals surface area contributed by atoms with E-state index in [-0.39, 0.29) is 32.7 Å². The molecular weight excluding hydrogens is 519 g/mol. The van der Waals surface area contributed by atoms with Crippen molar-refractivity contribution in [3.8, 4) is 6.07 Å². The van der Waals surface area contributed by atoms with Gasteiger partial charge in [0.05, 0.1) is 58.0 Å². The summed E-state index contributed by atoms with van der Waals surface area (Å²) in [7, 11) is -2.01. The van der Waals surface area contributed by atoms with Gasteiger partial charge in [-0.25, -0.2) is 23.1 Å². The molecule has 1 aliphatic heterocycles. The van der Waals surface area contributed by atoms with E-state index >= 15 is 0 Å². The Morgan fingerprint density at radius 2 is 1.60 bits per heavy atom. The van der Waals surface area contributed by atoms with Gasteiger partial charge in [0, 0.05) is 0 Å². The molecule has 0 saturated heterocycles. The number of nitriles is 1. The average Bonchev–Trinajstić information content (AvgIpc) is 2.82. The number of carbonyl (C=O) groups excluding carboxylic acids is 2. The Morgan fingerprint density at radius 1 is 1.06 bits per heavy atom. The predicted octanol–water partition coefficient (Wildman–Crippen LogP) is 2.54. The third kappa shape index (κ3) is 4.69. The number of esters is 2. The van der Waals surface area contributed by atoms with Crippen molar-refractivity contribution in [3.05, 3.63) is 80.7 Å². The van der Waals surface area contributed by atoms with Crippen LogP contribution in [0, 0.1) is 11.3 Å². The molecule has 0 saturated carbocycles. The largest absolute Gasteiger partial charge is 0.466 e. The van der Waals surface area contributed by atoms with E-state index in [9.17, 15) is 23.3 Å². The molecule has 0 radical (unpaired) electrons. The molecule has 2 aromatic rings. The van der Waals surface area contributed by atoms with Crippen LogP contribution in [0.1, 0.15) is 11.5 Å². The van der Waals surface area contributed by atoms with Crippen molar-refractivity contribution in [2.45, 2.75) is 10.8 Å². The smallest absolute Gasteiger partial charge is 0.355 e. The molecule has 1 unspecified atom stereocenters. The van der Waals surface area contributed by atoms with E-state index in [2.05, 4.69) is 0 Å². The number of rotatable bonds is 5. The highest BCUT2D eigenvalue weighted by atomic mass is 35.5. The van der Waals surface area contributed by atoms with Crippen LogP contribution < -0.4 is 15.8 Å². The third-order valence-corrected chi connectivity index (χ3v) is 6.62. The first kappa shape index (κ1) is 26.1. The lowest BCUT2D eigenvalue weighted by Gasteiger charge is -2.36. The lowest BCUT2D eigenvalue weighted by Crippen LogP contribution is -2.41. The van der Waals surface area contributed by atoms with Gasteiger partial charge < -0.3 is 15.2 Å². The maximum Gasteiger partial charge on any atom is 0.355 e. The Kier molecular flexibility index (Phi) is 7.42. The van der Waals surface area contributed by atoms with E-state index in [0.717, 1.165) is 31.3 Å². The van der Waals surface area contributed by atoms with E-state index in [4.69, 9.17) is 43.5 Å². The molecule has 0 bridgehead atoms. The second-order valence-electron chi connectivity index (χ2n) is 7.12. The molecule has 4 N–H and O–H groups in total. The Hall–Kier alpha value is -3.56. The van der Waals surface area contributed by atoms with Crippen LogP contribution in [0.4, 0.5) is 5.69 Å². The van der Waals surface area contributed by atoms with Gasteiger partial charge in [0.15, 0.2) is 0 Å². The highest BCUT2D eigenvalue weighted by molar-refractivity contribution is 7.89. The molecule has 0 spiro atoms. The first-order valence-corrected chi connectivity index (χ1v) is 12.0. The topological polar surface area (TPSA) is 166 Å².